The van der Waals surface area contributed by atoms with E-state index in [1.165, 1.54) is 0 Å². The number of carboxylic acids is 1. The lowest BCUT2D eigenvalue weighted by molar-refractivity contribution is -0.147. The Balaban J connectivity index is 2.42. The summed E-state index contributed by atoms with van der Waals surface area (Å²) in [5.74, 6) is -0.755. The summed E-state index contributed by atoms with van der Waals surface area (Å²) < 4.78 is 0.697. The molecule has 0 radical (unpaired) electrons. The van der Waals surface area contributed by atoms with Gasteiger partial charge in [0, 0.05) is 0 Å². The second kappa shape index (κ2) is 3.35. The summed E-state index contributed by atoms with van der Waals surface area (Å²) in [5, 5.41) is 9.17. The van der Waals surface area contributed by atoms with Crippen LogP contribution in [0.4, 0.5) is 0 Å². The van der Waals surface area contributed by atoms with Gasteiger partial charge in [-0.05, 0) is 40.9 Å². The monoisotopic (exact) mass is 255 g/mol. The summed E-state index contributed by atoms with van der Waals surface area (Å²) in [6.07, 6.45) is 2.37. The highest BCUT2D eigenvalue weighted by molar-refractivity contribution is 9.10. The van der Waals surface area contributed by atoms with Gasteiger partial charge in [-0.3, -0.25) is 4.79 Å². The van der Waals surface area contributed by atoms with Crippen molar-refractivity contribution in [1.29, 1.82) is 0 Å². The molecule has 1 saturated carbocycles. The van der Waals surface area contributed by atoms with Crippen LogP contribution in [-0.4, -0.2) is 16.1 Å². The number of aliphatic carboxylic acids is 1. The maximum absolute atomic E-state index is 11.2. The molecule has 0 atom stereocenters. The molecule has 3 nitrogen and oxygen atoms in total. The fraction of sp³-hybridized carbons (Fsp3) is 0.400. The Morgan fingerprint density at radius 3 is 2.64 bits per heavy atom. The molecule has 0 aromatic carbocycles. The minimum absolute atomic E-state index is 0.672. The third kappa shape index (κ3) is 1.34. The molecule has 14 heavy (non-hydrogen) atoms. The van der Waals surface area contributed by atoms with Gasteiger partial charge >= 0.3 is 5.97 Å². The normalized spacial score (nSPS) is 18.6. The van der Waals surface area contributed by atoms with Gasteiger partial charge in [0.05, 0.1) is 5.69 Å². The van der Waals surface area contributed by atoms with E-state index >= 15 is 0 Å². The number of carboxylic acid groups (broad SMARTS) is 1. The molecule has 1 fully saturated rings. The lowest BCUT2D eigenvalue weighted by atomic mass is 9.66. The number of nitrogens with zero attached hydrogens (tertiary/aromatic N) is 1. The zero-order valence-electron chi connectivity index (χ0n) is 7.53. The molecule has 4 heteroatoms. The van der Waals surface area contributed by atoms with E-state index in [9.17, 15) is 9.90 Å². The molecule has 1 aromatic rings. The summed E-state index contributed by atoms with van der Waals surface area (Å²) >= 11 is 3.25. The summed E-state index contributed by atoms with van der Waals surface area (Å²) in [5.41, 5.74) is -0.0466. The van der Waals surface area contributed by atoms with Gasteiger partial charge in [-0.15, -0.1) is 0 Å². The fourth-order valence-electron chi connectivity index (χ4n) is 1.78. The van der Waals surface area contributed by atoms with Gasteiger partial charge in [-0.1, -0.05) is 12.5 Å². The highest BCUT2D eigenvalue weighted by Gasteiger charge is 2.47. The van der Waals surface area contributed by atoms with Crippen LogP contribution in [0, 0.1) is 0 Å². The van der Waals surface area contributed by atoms with Crippen molar-refractivity contribution in [1.82, 2.24) is 4.98 Å². The second-order valence-corrected chi connectivity index (χ2v) is 4.40. The highest BCUT2D eigenvalue weighted by atomic mass is 79.9. The van der Waals surface area contributed by atoms with E-state index in [1.54, 1.807) is 12.1 Å². The molecule has 2 rings (SSSR count). The van der Waals surface area contributed by atoms with Crippen LogP contribution in [0.2, 0.25) is 0 Å². The van der Waals surface area contributed by atoms with Gasteiger partial charge in [-0.25, -0.2) is 4.98 Å². The van der Waals surface area contributed by atoms with Gasteiger partial charge in [0.15, 0.2) is 0 Å². The van der Waals surface area contributed by atoms with Gasteiger partial charge in [0.1, 0.15) is 10.0 Å². The molecule has 1 N–H and O–H groups in total. The highest BCUT2D eigenvalue weighted by Crippen LogP contribution is 2.43. The Bertz CT molecular complexity index is 374. The van der Waals surface area contributed by atoms with Crippen LogP contribution >= 0.6 is 15.9 Å². The molecule has 1 aliphatic rings. The van der Waals surface area contributed by atoms with Crippen molar-refractivity contribution in [3.8, 4) is 0 Å². The van der Waals surface area contributed by atoms with E-state index in [1.807, 2.05) is 6.07 Å². The number of carbonyl (C=O) groups is 1. The zero-order chi connectivity index (χ0) is 10.2. The van der Waals surface area contributed by atoms with Gasteiger partial charge in [0.25, 0.3) is 0 Å². The molecule has 0 amide bonds. The molecule has 1 aliphatic carbocycles. The minimum atomic E-state index is -0.755. The Morgan fingerprint density at radius 1 is 1.50 bits per heavy atom. The van der Waals surface area contributed by atoms with Crippen LogP contribution in [0.3, 0.4) is 0 Å². The molecule has 1 heterocycles. The van der Waals surface area contributed by atoms with Gasteiger partial charge < -0.3 is 5.11 Å². The number of pyridine rings is 1. The Labute approximate surface area is 90.3 Å². The molecule has 1 aromatic heterocycles. The van der Waals surface area contributed by atoms with Crippen LogP contribution in [0.15, 0.2) is 22.8 Å². The van der Waals surface area contributed by atoms with Crippen molar-refractivity contribution in [3.05, 3.63) is 28.5 Å². The standard InChI is InChI=1S/C10H10BrNO2/c11-8-4-1-3-7(12-8)10(9(13)14)5-2-6-10/h1,3-4H,2,5-6H2,(H,13,14). The molecular formula is C10H10BrNO2. The SMILES string of the molecule is O=C(O)C1(c2cccc(Br)n2)CCC1. The average Bonchev–Trinajstić information content (AvgIpc) is 2.00. The number of halogens is 1. The van der Waals surface area contributed by atoms with E-state index in [4.69, 9.17) is 0 Å². The maximum atomic E-state index is 11.2. The van der Waals surface area contributed by atoms with Crippen LogP contribution in [0.25, 0.3) is 0 Å². The first kappa shape index (κ1) is 9.65. The first-order valence-corrected chi connectivity index (χ1v) is 5.31. The van der Waals surface area contributed by atoms with Crippen molar-refractivity contribution in [2.45, 2.75) is 24.7 Å². The summed E-state index contributed by atoms with van der Waals surface area (Å²) in [6, 6.07) is 5.42. The topological polar surface area (TPSA) is 50.2 Å². The van der Waals surface area contributed by atoms with E-state index in [2.05, 4.69) is 20.9 Å². The maximum Gasteiger partial charge on any atom is 0.315 e. The molecule has 0 saturated heterocycles. The van der Waals surface area contributed by atoms with Crippen molar-refractivity contribution in [2.75, 3.05) is 0 Å². The number of rotatable bonds is 2. The Morgan fingerprint density at radius 2 is 2.21 bits per heavy atom. The van der Waals surface area contributed by atoms with E-state index in [0.717, 1.165) is 6.42 Å². The van der Waals surface area contributed by atoms with Gasteiger partial charge in [-0.2, -0.15) is 0 Å². The average molecular weight is 256 g/mol. The molecule has 0 aliphatic heterocycles. The predicted octanol–water partition coefficient (Wildman–Crippen LogP) is 2.35. The summed E-state index contributed by atoms with van der Waals surface area (Å²) in [6.45, 7) is 0. The van der Waals surface area contributed by atoms with E-state index < -0.39 is 11.4 Å². The van der Waals surface area contributed by atoms with Crippen molar-refractivity contribution in [2.24, 2.45) is 0 Å². The van der Waals surface area contributed by atoms with Crippen LogP contribution in [0.5, 0.6) is 0 Å². The summed E-state index contributed by atoms with van der Waals surface area (Å²) in [7, 11) is 0. The Kier molecular flexibility index (Phi) is 2.31. The third-order valence-corrected chi connectivity index (χ3v) is 3.26. The molecule has 0 bridgehead atoms. The molecular weight excluding hydrogens is 246 g/mol. The molecule has 0 unspecified atom stereocenters. The zero-order valence-corrected chi connectivity index (χ0v) is 9.12. The van der Waals surface area contributed by atoms with Crippen LogP contribution in [0.1, 0.15) is 25.0 Å². The van der Waals surface area contributed by atoms with Crippen molar-refractivity contribution >= 4 is 21.9 Å². The molecule has 0 spiro atoms. The minimum Gasteiger partial charge on any atom is -0.481 e. The number of aromatic nitrogens is 1. The largest absolute Gasteiger partial charge is 0.481 e. The lowest BCUT2D eigenvalue weighted by Crippen LogP contribution is -2.43. The molecule has 74 valence electrons. The van der Waals surface area contributed by atoms with Crippen molar-refractivity contribution < 1.29 is 9.90 Å². The quantitative estimate of drug-likeness (QED) is 0.826. The van der Waals surface area contributed by atoms with Crippen LogP contribution < -0.4 is 0 Å². The lowest BCUT2D eigenvalue weighted by Gasteiger charge is -2.36. The number of hydrogen-bond donors (Lipinski definition) is 1. The van der Waals surface area contributed by atoms with E-state index in [0.29, 0.717) is 23.1 Å². The Hall–Kier alpha value is -0.900. The van der Waals surface area contributed by atoms with E-state index in [-0.39, 0.29) is 0 Å². The predicted molar refractivity (Wildman–Crippen MR) is 55.1 cm³/mol. The summed E-state index contributed by atoms with van der Waals surface area (Å²) in [4.78, 5) is 15.4. The third-order valence-electron chi connectivity index (χ3n) is 2.82. The first-order valence-electron chi connectivity index (χ1n) is 4.52. The number of hydrogen-bond acceptors (Lipinski definition) is 2. The first-order chi connectivity index (χ1) is 6.65. The van der Waals surface area contributed by atoms with Gasteiger partial charge in [0.2, 0.25) is 0 Å². The second-order valence-electron chi connectivity index (χ2n) is 3.59. The fourth-order valence-corrected chi connectivity index (χ4v) is 2.13. The smallest absolute Gasteiger partial charge is 0.315 e. The van der Waals surface area contributed by atoms with Crippen molar-refractivity contribution in [3.63, 3.8) is 0 Å². The van der Waals surface area contributed by atoms with Crippen LogP contribution in [-0.2, 0) is 10.2 Å².